The van der Waals surface area contributed by atoms with Crippen molar-refractivity contribution in [3.8, 4) is 0 Å². The summed E-state index contributed by atoms with van der Waals surface area (Å²) in [5.41, 5.74) is 2.59. The molecule has 0 aliphatic carbocycles. The van der Waals surface area contributed by atoms with Crippen molar-refractivity contribution in [3.05, 3.63) is 39.6 Å². The lowest BCUT2D eigenvalue weighted by atomic mass is 10.0. The summed E-state index contributed by atoms with van der Waals surface area (Å²) < 4.78 is 7.34. The molecule has 2 aromatic rings. The van der Waals surface area contributed by atoms with Crippen LogP contribution in [0, 0.1) is 13.8 Å². The molecule has 0 radical (unpaired) electrons. The van der Waals surface area contributed by atoms with Crippen LogP contribution >= 0.6 is 11.6 Å². The summed E-state index contributed by atoms with van der Waals surface area (Å²) >= 11 is 6.37. The molecule has 4 nitrogen and oxygen atoms in total. The van der Waals surface area contributed by atoms with Crippen molar-refractivity contribution in [3.63, 3.8) is 0 Å². The van der Waals surface area contributed by atoms with Gasteiger partial charge in [0.15, 0.2) is 0 Å². The van der Waals surface area contributed by atoms with Gasteiger partial charge in [0.25, 0.3) is 0 Å². The first-order valence-corrected chi connectivity index (χ1v) is 7.34. The third-order valence-corrected chi connectivity index (χ3v) is 3.96. The van der Waals surface area contributed by atoms with Gasteiger partial charge in [-0.1, -0.05) is 18.5 Å². The zero-order valence-corrected chi connectivity index (χ0v) is 13.2. The van der Waals surface area contributed by atoms with Crippen LogP contribution in [-0.2, 0) is 19.4 Å². The number of aryl methyl sites for hydroxylation is 4. The first kappa shape index (κ1) is 15.1. The van der Waals surface area contributed by atoms with Gasteiger partial charge in [-0.3, -0.25) is 4.68 Å². The van der Waals surface area contributed by atoms with E-state index in [2.05, 4.69) is 5.10 Å². The lowest BCUT2D eigenvalue weighted by molar-refractivity contribution is 0.173. The predicted octanol–water partition coefficient (Wildman–Crippen LogP) is 3.60. The fourth-order valence-corrected chi connectivity index (χ4v) is 2.83. The monoisotopic (exact) mass is 296 g/mol. The van der Waals surface area contributed by atoms with Crippen molar-refractivity contribution in [2.45, 2.75) is 53.2 Å². The van der Waals surface area contributed by atoms with Crippen LogP contribution in [0.15, 0.2) is 10.5 Å². The second kappa shape index (κ2) is 6.02. The van der Waals surface area contributed by atoms with Gasteiger partial charge in [0.2, 0.25) is 0 Å². The van der Waals surface area contributed by atoms with Crippen LogP contribution in [0.1, 0.15) is 48.4 Å². The van der Waals surface area contributed by atoms with Crippen LogP contribution in [0.4, 0.5) is 0 Å². The maximum atomic E-state index is 10.4. The summed E-state index contributed by atoms with van der Waals surface area (Å²) in [6.07, 6.45) is 0.606. The number of rotatable bonds is 5. The van der Waals surface area contributed by atoms with Crippen molar-refractivity contribution in [2.24, 2.45) is 0 Å². The Hall–Kier alpha value is -1.26. The molecule has 20 heavy (non-hydrogen) atoms. The van der Waals surface area contributed by atoms with Crippen LogP contribution in [0.5, 0.6) is 0 Å². The number of aliphatic hydroxyl groups excluding tert-OH is 1. The van der Waals surface area contributed by atoms with E-state index in [9.17, 15) is 5.11 Å². The van der Waals surface area contributed by atoms with Crippen molar-refractivity contribution >= 4 is 11.6 Å². The lowest BCUT2D eigenvalue weighted by Gasteiger charge is -2.11. The number of hydrogen-bond acceptors (Lipinski definition) is 3. The fraction of sp³-hybridized carbons (Fsp3) is 0.533. The molecule has 1 N–H and O–H groups in total. The minimum Gasteiger partial charge on any atom is -0.466 e. The van der Waals surface area contributed by atoms with Crippen molar-refractivity contribution < 1.29 is 9.52 Å². The molecular weight excluding hydrogens is 276 g/mol. The van der Waals surface area contributed by atoms with E-state index in [-0.39, 0.29) is 0 Å². The molecule has 2 aromatic heterocycles. The number of hydrogen-bond donors (Lipinski definition) is 1. The van der Waals surface area contributed by atoms with Gasteiger partial charge in [-0.05, 0) is 33.3 Å². The molecule has 2 rings (SSSR count). The van der Waals surface area contributed by atoms with E-state index in [0.717, 1.165) is 41.4 Å². The number of nitrogens with zero attached hydrogens (tertiary/aromatic N) is 2. The minimum atomic E-state index is -0.628. The zero-order valence-electron chi connectivity index (χ0n) is 12.4. The molecule has 1 unspecified atom stereocenters. The highest BCUT2D eigenvalue weighted by Gasteiger charge is 2.21. The normalized spacial score (nSPS) is 12.9. The second-order valence-corrected chi connectivity index (χ2v) is 5.34. The molecule has 0 saturated carbocycles. The summed E-state index contributed by atoms with van der Waals surface area (Å²) in [5, 5.41) is 15.6. The molecule has 0 amide bonds. The van der Waals surface area contributed by atoms with E-state index in [0.29, 0.717) is 11.4 Å². The highest BCUT2D eigenvalue weighted by atomic mass is 35.5. The van der Waals surface area contributed by atoms with Gasteiger partial charge in [-0.25, -0.2) is 0 Å². The summed E-state index contributed by atoms with van der Waals surface area (Å²) in [5.74, 6) is 1.56. The number of furan rings is 1. The molecule has 2 heterocycles. The van der Waals surface area contributed by atoms with Gasteiger partial charge in [-0.15, -0.1) is 0 Å². The molecule has 0 aromatic carbocycles. The van der Waals surface area contributed by atoms with E-state index in [1.165, 1.54) is 0 Å². The maximum Gasteiger partial charge on any atom is 0.106 e. The Balaban J connectivity index is 2.29. The van der Waals surface area contributed by atoms with E-state index in [1.54, 1.807) is 0 Å². The second-order valence-electron chi connectivity index (χ2n) is 4.97. The summed E-state index contributed by atoms with van der Waals surface area (Å²) in [6, 6.07) is 1.88. The molecule has 1 atom stereocenters. The number of aromatic nitrogens is 2. The van der Waals surface area contributed by atoms with E-state index in [4.69, 9.17) is 16.0 Å². The average molecular weight is 297 g/mol. The Kier molecular flexibility index (Phi) is 4.55. The molecule has 5 heteroatoms. The van der Waals surface area contributed by atoms with Gasteiger partial charge in [0.05, 0.1) is 22.5 Å². The predicted molar refractivity (Wildman–Crippen MR) is 79.1 cm³/mol. The van der Waals surface area contributed by atoms with Crippen LogP contribution in [0.3, 0.4) is 0 Å². The third-order valence-electron chi connectivity index (χ3n) is 3.52. The molecular formula is C15H21ClN2O2. The largest absolute Gasteiger partial charge is 0.466 e. The Morgan fingerprint density at radius 3 is 2.60 bits per heavy atom. The molecule has 0 spiro atoms. The Labute approximate surface area is 124 Å². The average Bonchev–Trinajstić information content (AvgIpc) is 2.90. The Morgan fingerprint density at radius 1 is 1.40 bits per heavy atom. The van der Waals surface area contributed by atoms with Gasteiger partial charge in [0, 0.05) is 18.5 Å². The van der Waals surface area contributed by atoms with Gasteiger partial charge in [-0.2, -0.15) is 5.10 Å². The SMILES string of the molecule is CCc1nn(CC)c(CC(O)c2cc(C)oc2C)c1Cl. The molecule has 0 fully saturated rings. The lowest BCUT2D eigenvalue weighted by Crippen LogP contribution is -2.09. The number of halogens is 1. The van der Waals surface area contributed by atoms with Gasteiger partial charge in [0.1, 0.15) is 11.5 Å². The topological polar surface area (TPSA) is 51.2 Å². The highest BCUT2D eigenvalue weighted by Crippen LogP contribution is 2.29. The third kappa shape index (κ3) is 2.76. The number of aliphatic hydroxyl groups is 1. The van der Waals surface area contributed by atoms with Gasteiger partial charge < -0.3 is 9.52 Å². The van der Waals surface area contributed by atoms with E-state index >= 15 is 0 Å². The Bertz CT molecular complexity index is 601. The summed E-state index contributed by atoms with van der Waals surface area (Å²) in [6.45, 7) is 8.53. The van der Waals surface area contributed by atoms with Crippen LogP contribution in [0.2, 0.25) is 5.02 Å². The first-order chi connectivity index (χ1) is 9.47. The highest BCUT2D eigenvalue weighted by molar-refractivity contribution is 6.31. The van der Waals surface area contributed by atoms with Crippen LogP contribution < -0.4 is 0 Å². The van der Waals surface area contributed by atoms with Gasteiger partial charge >= 0.3 is 0 Å². The Morgan fingerprint density at radius 2 is 2.10 bits per heavy atom. The molecule has 110 valence electrons. The summed E-state index contributed by atoms with van der Waals surface area (Å²) in [4.78, 5) is 0. The maximum absolute atomic E-state index is 10.4. The molecule has 0 aliphatic heterocycles. The molecule has 0 bridgehead atoms. The summed E-state index contributed by atoms with van der Waals surface area (Å²) in [7, 11) is 0. The smallest absolute Gasteiger partial charge is 0.106 e. The minimum absolute atomic E-state index is 0.444. The van der Waals surface area contributed by atoms with E-state index < -0.39 is 6.10 Å². The zero-order chi connectivity index (χ0) is 14.9. The van der Waals surface area contributed by atoms with Crippen LogP contribution in [0.25, 0.3) is 0 Å². The molecule has 0 aliphatic rings. The van der Waals surface area contributed by atoms with Crippen molar-refractivity contribution in [1.82, 2.24) is 9.78 Å². The quantitative estimate of drug-likeness (QED) is 0.917. The fourth-order valence-electron chi connectivity index (χ4n) is 2.49. The standard InChI is InChI=1S/C15H21ClN2O2/c1-5-12-15(16)13(18(6-2)17-12)8-14(19)11-7-9(3)20-10(11)4/h7,14,19H,5-6,8H2,1-4H3. The molecule has 0 saturated heterocycles. The van der Waals surface area contributed by atoms with E-state index in [1.807, 2.05) is 38.4 Å². The first-order valence-electron chi connectivity index (χ1n) is 6.96. The van der Waals surface area contributed by atoms with Crippen molar-refractivity contribution in [2.75, 3.05) is 0 Å². The van der Waals surface area contributed by atoms with Crippen LogP contribution in [-0.4, -0.2) is 14.9 Å². The van der Waals surface area contributed by atoms with Crippen molar-refractivity contribution in [1.29, 1.82) is 0 Å².